The lowest BCUT2D eigenvalue weighted by Crippen LogP contribution is -2.33. The average Bonchev–Trinajstić information content (AvgIpc) is 3.24. The van der Waals surface area contributed by atoms with Gasteiger partial charge in [0.25, 0.3) is 10.0 Å². The molecule has 29 heavy (non-hydrogen) atoms. The number of sulfonamides is 1. The molecule has 0 bridgehead atoms. The lowest BCUT2D eigenvalue weighted by atomic mass is 10.1. The van der Waals surface area contributed by atoms with Crippen molar-refractivity contribution >= 4 is 27.0 Å². The highest BCUT2D eigenvalue weighted by Gasteiger charge is 2.44. The summed E-state index contributed by atoms with van der Waals surface area (Å²) in [6.45, 7) is 1.38. The molecule has 0 saturated carbocycles. The molecule has 0 amide bonds. The maximum Gasteiger partial charge on any atom is 0.263 e. The van der Waals surface area contributed by atoms with Gasteiger partial charge in [-0.15, -0.1) is 0 Å². The summed E-state index contributed by atoms with van der Waals surface area (Å²) in [5.74, 6) is -0.0407. The SMILES string of the molecule is Cc1ccc(S(=O)(=O)Nc2ncnc3c2ncn3[C@@H]2O[C@H](CO)[C@@H](O)[C@H]2O)cc1. The van der Waals surface area contributed by atoms with Gasteiger partial charge in [-0.25, -0.2) is 23.4 Å². The Morgan fingerprint density at radius 1 is 1.14 bits per heavy atom. The van der Waals surface area contributed by atoms with Crippen LogP contribution in [0.4, 0.5) is 5.82 Å². The lowest BCUT2D eigenvalue weighted by molar-refractivity contribution is -0.0511. The van der Waals surface area contributed by atoms with Crippen LogP contribution in [0.15, 0.2) is 41.8 Å². The molecule has 1 aliphatic rings. The Bertz CT molecular complexity index is 1130. The molecule has 1 aromatic carbocycles. The predicted octanol–water partition coefficient (Wildman–Crippen LogP) is -0.453. The lowest BCUT2D eigenvalue weighted by Gasteiger charge is -2.16. The van der Waals surface area contributed by atoms with E-state index in [0.29, 0.717) is 0 Å². The highest BCUT2D eigenvalue weighted by atomic mass is 32.2. The fourth-order valence-corrected chi connectivity index (χ4v) is 4.14. The van der Waals surface area contributed by atoms with Gasteiger partial charge in [-0.3, -0.25) is 9.29 Å². The molecule has 3 heterocycles. The van der Waals surface area contributed by atoms with E-state index in [1.807, 2.05) is 6.92 Å². The first-order valence-corrected chi connectivity index (χ1v) is 10.2. The van der Waals surface area contributed by atoms with Gasteiger partial charge in [0.05, 0.1) is 17.8 Å². The minimum Gasteiger partial charge on any atom is -0.394 e. The summed E-state index contributed by atoms with van der Waals surface area (Å²) >= 11 is 0. The topological polar surface area (TPSA) is 160 Å². The summed E-state index contributed by atoms with van der Waals surface area (Å²) in [5.41, 5.74) is 1.25. The number of anilines is 1. The summed E-state index contributed by atoms with van der Waals surface area (Å²) < 4.78 is 34.6. The number of aromatic nitrogens is 4. The van der Waals surface area contributed by atoms with Crippen molar-refractivity contribution in [2.24, 2.45) is 0 Å². The van der Waals surface area contributed by atoms with Gasteiger partial charge in [0.15, 0.2) is 23.2 Å². The first-order chi connectivity index (χ1) is 13.8. The molecule has 0 aliphatic carbocycles. The van der Waals surface area contributed by atoms with Gasteiger partial charge in [-0.1, -0.05) is 17.7 Å². The van der Waals surface area contributed by atoms with Gasteiger partial charge in [-0.05, 0) is 19.1 Å². The van der Waals surface area contributed by atoms with Crippen molar-refractivity contribution in [1.82, 2.24) is 19.5 Å². The van der Waals surface area contributed by atoms with Crippen LogP contribution in [0.3, 0.4) is 0 Å². The standard InChI is InChI=1S/C17H19N5O6S/c1-9-2-4-10(5-3-9)29(26,27)21-15-12-16(19-7-18-15)22(8-20-12)17-14(25)13(24)11(6-23)28-17/h2-5,7-8,11,13-14,17,23-25H,6H2,1H3,(H,18,19,21)/t11-,13-,14-,17-/m1/s1. The summed E-state index contributed by atoms with van der Waals surface area (Å²) in [6.07, 6.45) is -2.19. The van der Waals surface area contributed by atoms with Crippen LogP contribution in [-0.4, -0.2) is 68.2 Å². The number of nitrogens with one attached hydrogen (secondary N) is 1. The smallest absolute Gasteiger partial charge is 0.263 e. The van der Waals surface area contributed by atoms with E-state index in [9.17, 15) is 23.7 Å². The van der Waals surface area contributed by atoms with E-state index in [1.54, 1.807) is 12.1 Å². The third-order valence-corrected chi connectivity index (χ3v) is 6.07. The molecule has 0 radical (unpaired) electrons. The number of imidazole rings is 1. The number of ether oxygens (including phenoxy) is 1. The fourth-order valence-electron chi connectivity index (χ4n) is 3.13. The van der Waals surface area contributed by atoms with E-state index < -0.39 is 41.2 Å². The normalized spacial score (nSPS) is 24.8. The summed E-state index contributed by atoms with van der Waals surface area (Å²) in [4.78, 5) is 12.3. The van der Waals surface area contributed by atoms with Crippen LogP contribution < -0.4 is 4.72 Å². The molecular formula is C17H19N5O6S. The summed E-state index contributed by atoms with van der Waals surface area (Å²) in [7, 11) is -3.91. The van der Waals surface area contributed by atoms with Crippen LogP contribution in [0.1, 0.15) is 11.8 Å². The van der Waals surface area contributed by atoms with Crippen molar-refractivity contribution in [2.75, 3.05) is 11.3 Å². The predicted molar refractivity (Wildman–Crippen MR) is 100 cm³/mol. The average molecular weight is 421 g/mol. The number of hydrogen-bond acceptors (Lipinski definition) is 9. The second kappa shape index (κ2) is 7.31. The number of aliphatic hydroxyl groups excluding tert-OH is 3. The molecular weight excluding hydrogens is 402 g/mol. The van der Waals surface area contributed by atoms with Crippen LogP contribution in [0, 0.1) is 6.92 Å². The van der Waals surface area contributed by atoms with E-state index >= 15 is 0 Å². The van der Waals surface area contributed by atoms with Crippen molar-refractivity contribution in [3.8, 4) is 0 Å². The van der Waals surface area contributed by atoms with Gasteiger partial charge in [-0.2, -0.15) is 0 Å². The van der Waals surface area contributed by atoms with Crippen LogP contribution in [-0.2, 0) is 14.8 Å². The maximum atomic E-state index is 12.7. The van der Waals surface area contributed by atoms with E-state index in [2.05, 4.69) is 19.7 Å². The van der Waals surface area contributed by atoms with Crippen LogP contribution in [0.25, 0.3) is 11.2 Å². The van der Waals surface area contributed by atoms with E-state index in [-0.39, 0.29) is 21.9 Å². The minimum absolute atomic E-state index is 0.0407. The highest BCUT2D eigenvalue weighted by molar-refractivity contribution is 7.92. The third kappa shape index (κ3) is 3.45. The molecule has 11 nitrogen and oxygen atoms in total. The first kappa shape index (κ1) is 19.7. The number of benzene rings is 1. The van der Waals surface area contributed by atoms with Gasteiger partial charge in [0, 0.05) is 0 Å². The van der Waals surface area contributed by atoms with E-state index in [1.165, 1.54) is 23.0 Å². The Hall–Kier alpha value is -2.64. The van der Waals surface area contributed by atoms with Gasteiger partial charge >= 0.3 is 0 Å². The number of fused-ring (bicyclic) bond motifs is 1. The minimum atomic E-state index is -3.91. The Morgan fingerprint density at radius 2 is 1.86 bits per heavy atom. The molecule has 1 saturated heterocycles. The number of nitrogens with zero attached hydrogens (tertiary/aromatic N) is 4. The molecule has 154 valence electrons. The van der Waals surface area contributed by atoms with Crippen molar-refractivity contribution in [1.29, 1.82) is 0 Å². The molecule has 12 heteroatoms. The van der Waals surface area contributed by atoms with Gasteiger partial charge in [0.2, 0.25) is 0 Å². The summed E-state index contributed by atoms with van der Waals surface area (Å²) in [6, 6.07) is 6.32. The summed E-state index contributed by atoms with van der Waals surface area (Å²) in [5, 5.41) is 29.4. The zero-order chi connectivity index (χ0) is 20.8. The van der Waals surface area contributed by atoms with Gasteiger partial charge < -0.3 is 20.1 Å². The number of aliphatic hydroxyl groups is 3. The fraction of sp³-hybridized carbons (Fsp3) is 0.353. The molecule has 1 fully saturated rings. The molecule has 0 spiro atoms. The second-order valence-electron chi connectivity index (χ2n) is 6.69. The molecule has 4 N–H and O–H groups in total. The zero-order valence-corrected chi connectivity index (χ0v) is 16.1. The Kier molecular flexibility index (Phi) is 4.96. The first-order valence-electron chi connectivity index (χ1n) is 8.71. The van der Waals surface area contributed by atoms with Crippen LogP contribution >= 0.6 is 0 Å². The molecule has 4 atom stereocenters. The van der Waals surface area contributed by atoms with Crippen LogP contribution in [0.2, 0.25) is 0 Å². The molecule has 2 aromatic heterocycles. The van der Waals surface area contributed by atoms with Crippen molar-refractivity contribution in [3.05, 3.63) is 42.5 Å². The van der Waals surface area contributed by atoms with Gasteiger partial charge in [0.1, 0.15) is 24.6 Å². The Morgan fingerprint density at radius 3 is 2.52 bits per heavy atom. The third-order valence-electron chi connectivity index (χ3n) is 4.71. The number of rotatable bonds is 5. The van der Waals surface area contributed by atoms with Crippen molar-refractivity contribution in [3.63, 3.8) is 0 Å². The van der Waals surface area contributed by atoms with Crippen LogP contribution in [0.5, 0.6) is 0 Å². The van der Waals surface area contributed by atoms with Crippen molar-refractivity contribution < 1.29 is 28.5 Å². The quantitative estimate of drug-likeness (QED) is 0.428. The molecule has 3 aromatic rings. The van der Waals surface area contributed by atoms with E-state index in [4.69, 9.17) is 4.74 Å². The number of aryl methyl sites for hydroxylation is 1. The number of hydrogen-bond donors (Lipinski definition) is 4. The molecule has 4 rings (SSSR count). The largest absolute Gasteiger partial charge is 0.394 e. The zero-order valence-electron chi connectivity index (χ0n) is 15.2. The monoisotopic (exact) mass is 421 g/mol. The molecule has 1 aliphatic heterocycles. The highest BCUT2D eigenvalue weighted by Crippen LogP contribution is 2.32. The molecule has 0 unspecified atom stereocenters. The second-order valence-corrected chi connectivity index (χ2v) is 8.38. The van der Waals surface area contributed by atoms with E-state index in [0.717, 1.165) is 11.9 Å². The maximum absolute atomic E-state index is 12.7. The van der Waals surface area contributed by atoms with Crippen molar-refractivity contribution in [2.45, 2.75) is 36.4 Å². The Balaban J connectivity index is 1.69. The Labute approximate surface area is 165 Å².